The molecular formula is C19H35IN6. The molecule has 1 aromatic heterocycles. The van der Waals surface area contributed by atoms with Gasteiger partial charge in [-0.1, -0.05) is 19.9 Å². The minimum absolute atomic E-state index is 0. The van der Waals surface area contributed by atoms with Crippen LogP contribution in [0.3, 0.4) is 0 Å². The number of aryl methyl sites for hydroxylation is 2. The summed E-state index contributed by atoms with van der Waals surface area (Å²) in [6.45, 7) is 12.2. The van der Waals surface area contributed by atoms with Crippen molar-refractivity contribution in [2.75, 3.05) is 26.7 Å². The fraction of sp³-hybridized carbons (Fsp3) is 0.684. The van der Waals surface area contributed by atoms with E-state index in [9.17, 15) is 0 Å². The van der Waals surface area contributed by atoms with E-state index in [1.807, 2.05) is 24.9 Å². The van der Waals surface area contributed by atoms with Crippen molar-refractivity contribution < 1.29 is 0 Å². The molecule has 148 valence electrons. The lowest BCUT2D eigenvalue weighted by Crippen LogP contribution is -2.48. The molecule has 1 fully saturated rings. The molecule has 1 aromatic rings. The van der Waals surface area contributed by atoms with E-state index < -0.39 is 0 Å². The van der Waals surface area contributed by atoms with Crippen LogP contribution in [0.1, 0.15) is 43.6 Å². The van der Waals surface area contributed by atoms with E-state index in [1.165, 1.54) is 17.0 Å². The molecule has 1 saturated heterocycles. The van der Waals surface area contributed by atoms with Crippen molar-refractivity contribution in [3.8, 4) is 0 Å². The Morgan fingerprint density at radius 2 is 2.00 bits per heavy atom. The SMILES string of the molecule is C=CCN1CCC(NC(=NC)NCc2c(CC)nn(C)c2CC)CC1.I. The number of piperidine rings is 1. The standard InChI is InChI=1S/C19H34N6.HI/c1-6-11-25-12-9-15(10-13-25)22-19(20-4)21-14-16-17(7-2)23-24(5)18(16)8-3;/h6,15H,1,7-14H2,2-5H3,(H2,20,21,22);1H. The highest BCUT2D eigenvalue weighted by Crippen LogP contribution is 2.15. The van der Waals surface area contributed by atoms with Crippen LogP contribution in [0, 0.1) is 0 Å². The van der Waals surface area contributed by atoms with Gasteiger partial charge < -0.3 is 10.6 Å². The van der Waals surface area contributed by atoms with Gasteiger partial charge in [0.2, 0.25) is 0 Å². The van der Waals surface area contributed by atoms with E-state index in [4.69, 9.17) is 0 Å². The highest BCUT2D eigenvalue weighted by Gasteiger charge is 2.19. The van der Waals surface area contributed by atoms with Crippen LogP contribution in [0.2, 0.25) is 0 Å². The smallest absolute Gasteiger partial charge is 0.191 e. The van der Waals surface area contributed by atoms with Crippen molar-refractivity contribution in [1.82, 2.24) is 25.3 Å². The summed E-state index contributed by atoms with van der Waals surface area (Å²) in [6.07, 6.45) is 6.22. The maximum Gasteiger partial charge on any atom is 0.191 e. The maximum absolute atomic E-state index is 4.65. The summed E-state index contributed by atoms with van der Waals surface area (Å²) in [5, 5.41) is 11.7. The Hall–Kier alpha value is -1.09. The zero-order valence-corrected chi connectivity index (χ0v) is 19.0. The molecule has 0 unspecified atom stereocenters. The number of hydrogen-bond acceptors (Lipinski definition) is 3. The highest BCUT2D eigenvalue weighted by molar-refractivity contribution is 14.0. The van der Waals surface area contributed by atoms with Gasteiger partial charge in [0.15, 0.2) is 5.96 Å². The Kier molecular flexibility index (Phi) is 10.2. The number of guanidine groups is 1. The molecule has 0 spiro atoms. The summed E-state index contributed by atoms with van der Waals surface area (Å²) in [5.41, 5.74) is 3.80. The van der Waals surface area contributed by atoms with E-state index in [0.717, 1.165) is 57.8 Å². The molecule has 6 nitrogen and oxygen atoms in total. The van der Waals surface area contributed by atoms with Gasteiger partial charge in [0, 0.05) is 57.6 Å². The zero-order valence-electron chi connectivity index (χ0n) is 16.7. The lowest BCUT2D eigenvalue weighted by atomic mass is 10.1. The maximum atomic E-state index is 4.65. The van der Waals surface area contributed by atoms with Crippen molar-refractivity contribution in [1.29, 1.82) is 0 Å². The Morgan fingerprint density at radius 1 is 1.31 bits per heavy atom. The summed E-state index contributed by atoms with van der Waals surface area (Å²) in [6, 6.07) is 0.484. The van der Waals surface area contributed by atoms with Crippen molar-refractivity contribution in [2.24, 2.45) is 12.0 Å². The van der Waals surface area contributed by atoms with Crippen LogP contribution in [0.25, 0.3) is 0 Å². The first-order valence-corrected chi connectivity index (χ1v) is 9.46. The number of hydrogen-bond donors (Lipinski definition) is 2. The molecule has 7 heteroatoms. The van der Waals surface area contributed by atoms with Crippen LogP contribution in [0.15, 0.2) is 17.6 Å². The van der Waals surface area contributed by atoms with E-state index in [-0.39, 0.29) is 24.0 Å². The molecule has 0 amide bonds. The highest BCUT2D eigenvalue weighted by atomic mass is 127. The monoisotopic (exact) mass is 474 g/mol. The summed E-state index contributed by atoms with van der Waals surface area (Å²) in [4.78, 5) is 6.85. The van der Waals surface area contributed by atoms with Gasteiger partial charge in [-0.2, -0.15) is 5.10 Å². The quantitative estimate of drug-likeness (QED) is 0.276. The molecule has 0 radical (unpaired) electrons. The number of halogens is 1. The topological polar surface area (TPSA) is 57.5 Å². The van der Waals surface area contributed by atoms with E-state index in [1.54, 1.807) is 0 Å². The molecule has 2 heterocycles. The van der Waals surface area contributed by atoms with Crippen molar-refractivity contribution in [3.63, 3.8) is 0 Å². The lowest BCUT2D eigenvalue weighted by Gasteiger charge is -2.32. The van der Waals surface area contributed by atoms with Crippen LogP contribution in [-0.2, 0) is 26.4 Å². The summed E-state index contributed by atoms with van der Waals surface area (Å²) in [5.74, 6) is 0.884. The number of rotatable bonds is 7. The molecule has 0 aliphatic carbocycles. The number of nitrogens with one attached hydrogen (secondary N) is 2. The van der Waals surface area contributed by atoms with Crippen molar-refractivity contribution in [2.45, 2.75) is 52.1 Å². The van der Waals surface area contributed by atoms with Crippen LogP contribution in [-0.4, -0.2) is 53.4 Å². The Balaban J connectivity index is 0.00000338. The van der Waals surface area contributed by atoms with E-state index in [2.05, 4.69) is 46.1 Å². The van der Waals surface area contributed by atoms with Gasteiger partial charge in [0.25, 0.3) is 0 Å². The third kappa shape index (κ3) is 5.97. The predicted molar refractivity (Wildman–Crippen MR) is 120 cm³/mol. The van der Waals surface area contributed by atoms with Crippen molar-refractivity contribution in [3.05, 3.63) is 29.6 Å². The van der Waals surface area contributed by atoms with Gasteiger partial charge in [0.1, 0.15) is 0 Å². The average Bonchev–Trinajstić information content (AvgIpc) is 2.94. The number of aliphatic imine (C=N–C) groups is 1. The number of aromatic nitrogens is 2. The Labute approximate surface area is 175 Å². The minimum atomic E-state index is 0. The second-order valence-corrected chi connectivity index (χ2v) is 6.64. The lowest BCUT2D eigenvalue weighted by molar-refractivity contribution is 0.225. The average molecular weight is 474 g/mol. The molecule has 2 N–H and O–H groups in total. The molecular weight excluding hydrogens is 439 g/mol. The summed E-state index contributed by atoms with van der Waals surface area (Å²) >= 11 is 0. The first-order chi connectivity index (χ1) is 12.1. The minimum Gasteiger partial charge on any atom is -0.354 e. The van der Waals surface area contributed by atoms with Crippen LogP contribution in [0.5, 0.6) is 0 Å². The molecule has 0 atom stereocenters. The van der Waals surface area contributed by atoms with Crippen LogP contribution in [0.4, 0.5) is 0 Å². The van der Waals surface area contributed by atoms with Gasteiger partial charge in [-0.15, -0.1) is 30.6 Å². The van der Waals surface area contributed by atoms with Gasteiger partial charge in [-0.05, 0) is 25.7 Å². The largest absolute Gasteiger partial charge is 0.354 e. The molecule has 0 saturated carbocycles. The Bertz CT molecular complexity index is 587. The first kappa shape index (κ1) is 23.0. The molecule has 2 rings (SSSR count). The van der Waals surface area contributed by atoms with E-state index >= 15 is 0 Å². The third-order valence-electron chi connectivity index (χ3n) is 5.00. The van der Waals surface area contributed by atoms with Crippen LogP contribution >= 0.6 is 24.0 Å². The number of nitrogens with zero attached hydrogens (tertiary/aromatic N) is 4. The third-order valence-corrected chi connectivity index (χ3v) is 5.00. The fourth-order valence-electron chi connectivity index (χ4n) is 3.60. The van der Waals surface area contributed by atoms with Crippen LogP contribution < -0.4 is 10.6 Å². The normalized spacial score (nSPS) is 16.2. The van der Waals surface area contributed by atoms with E-state index in [0.29, 0.717) is 6.04 Å². The second-order valence-electron chi connectivity index (χ2n) is 6.64. The predicted octanol–water partition coefficient (Wildman–Crippen LogP) is 2.48. The molecule has 1 aliphatic heterocycles. The van der Waals surface area contributed by atoms with Gasteiger partial charge >= 0.3 is 0 Å². The van der Waals surface area contributed by atoms with Gasteiger partial charge in [0.05, 0.1) is 5.69 Å². The first-order valence-electron chi connectivity index (χ1n) is 9.46. The van der Waals surface area contributed by atoms with Gasteiger partial charge in [-0.25, -0.2) is 0 Å². The molecule has 0 aromatic carbocycles. The molecule has 26 heavy (non-hydrogen) atoms. The molecule has 0 bridgehead atoms. The number of likely N-dealkylation sites (tertiary alicyclic amines) is 1. The fourth-order valence-corrected chi connectivity index (χ4v) is 3.60. The van der Waals surface area contributed by atoms with Crippen molar-refractivity contribution >= 4 is 29.9 Å². The summed E-state index contributed by atoms with van der Waals surface area (Å²) < 4.78 is 2.02. The molecule has 1 aliphatic rings. The zero-order chi connectivity index (χ0) is 18.2. The summed E-state index contributed by atoms with van der Waals surface area (Å²) in [7, 11) is 3.87. The van der Waals surface area contributed by atoms with Gasteiger partial charge in [-0.3, -0.25) is 14.6 Å². The second kappa shape index (κ2) is 11.6. The Morgan fingerprint density at radius 3 is 2.54 bits per heavy atom.